The van der Waals surface area contributed by atoms with Crippen molar-refractivity contribution >= 4 is 11.3 Å². The molecule has 112 valence electrons. The molecular formula is C18H23NOS. The number of hydrogen-bond donors (Lipinski definition) is 1. The Bertz CT molecular complexity index is 605. The number of hydrogen-bond acceptors (Lipinski definition) is 3. The van der Waals surface area contributed by atoms with Gasteiger partial charge in [0.2, 0.25) is 0 Å². The molecule has 0 fully saturated rings. The lowest BCUT2D eigenvalue weighted by molar-refractivity contribution is 0.411. The molecular weight excluding hydrogens is 278 g/mol. The van der Waals surface area contributed by atoms with Gasteiger partial charge in [-0.25, -0.2) is 0 Å². The molecule has 1 unspecified atom stereocenters. The van der Waals surface area contributed by atoms with Crippen LogP contribution in [0.1, 0.15) is 34.9 Å². The maximum absolute atomic E-state index is 5.35. The topological polar surface area (TPSA) is 21.3 Å². The molecule has 0 bridgehead atoms. The molecule has 1 aromatic carbocycles. The molecule has 2 aromatic rings. The second kappa shape index (κ2) is 6.63. The molecule has 1 heterocycles. The Morgan fingerprint density at radius 1 is 1.29 bits per heavy atom. The number of nitrogens with one attached hydrogen (secondary N) is 1. The first-order valence-corrected chi connectivity index (χ1v) is 8.62. The van der Waals surface area contributed by atoms with Crippen LogP contribution in [0.5, 0.6) is 5.75 Å². The van der Waals surface area contributed by atoms with Gasteiger partial charge in [-0.05, 0) is 66.0 Å². The van der Waals surface area contributed by atoms with Crippen molar-refractivity contribution in [1.82, 2.24) is 5.32 Å². The third-order valence-electron chi connectivity index (χ3n) is 4.41. The van der Waals surface area contributed by atoms with Gasteiger partial charge in [0.15, 0.2) is 0 Å². The minimum absolute atomic E-state index is 0.580. The van der Waals surface area contributed by atoms with Crippen LogP contribution in [0.2, 0.25) is 0 Å². The third kappa shape index (κ3) is 3.30. The molecule has 3 heteroatoms. The standard InChI is InChI=1S/C18H23NOS/c1-3-13-8-9-21-18(13)12-19-16-6-4-14-5-7-17(20-2)11-15(14)10-16/h5,7-9,11,16,19H,3-4,6,10,12H2,1-2H3. The Morgan fingerprint density at radius 2 is 2.19 bits per heavy atom. The van der Waals surface area contributed by atoms with E-state index in [0.717, 1.165) is 25.1 Å². The third-order valence-corrected chi connectivity index (χ3v) is 5.37. The number of benzene rings is 1. The molecule has 1 aromatic heterocycles. The summed E-state index contributed by atoms with van der Waals surface area (Å²) in [5.74, 6) is 0.973. The van der Waals surface area contributed by atoms with Gasteiger partial charge in [0.1, 0.15) is 5.75 Å². The number of aryl methyl sites for hydroxylation is 2. The number of methoxy groups -OCH3 is 1. The minimum atomic E-state index is 0.580. The van der Waals surface area contributed by atoms with Crippen LogP contribution in [0.25, 0.3) is 0 Å². The van der Waals surface area contributed by atoms with E-state index in [2.05, 4.69) is 41.9 Å². The van der Waals surface area contributed by atoms with Crippen molar-refractivity contribution in [2.75, 3.05) is 7.11 Å². The van der Waals surface area contributed by atoms with Gasteiger partial charge < -0.3 is 10.1 Å². The maximum atomic E-state index is 5.35. The largest absolute Gasteiger partial charge is 0.497 e. The van der Waals surface area contributed by atoms with E-state index in [0.29, 0.717) is 6.04 Å². The first-order valence-electron chi connectivity index (χ1n) is 7.74. The van der Waals surface area contributed by atoms with Crippen LogP contribution in [0.4, 0.5) is 0 Å². The van der Waals surface area contributed by atoms with E-state index in [4.69, 9.17) is 4.74 Å². The number of rotatable bonds is 5. The Hall–Kier alpha value is -1.32. The lowest BCUT2D eigenvalue weighted by Gasteiger charge is -2.26. The quantitative estimate of drug-likeness (QED) is 0.902. The molecule has 3 rings (SSSR count). The van der Waals surface area contributed by atoms with Crippen LogP contribution in [0.15, 0.2) is 29.6 Å². The van der Waals surface area contributed by atoms with E-state index in [1.165, 1.54) is 34.4 Å². The van der Waals surface area contributed by atoms with E-state index in [1.807, 2.05) is 11.3 Å². The van der Waals surface area contributed by atoms with E-state index in [9.17, 15) is 0 Å². The Balaban J connectivity index is 1.63. The predicted molar refractivity (Wildman–Crippen MR) is 89.3 cm³/mol. The van der Waals surface area contributed by atoms with E-state index < -0.39 is 0 Å². The Morgan fingerprint density at radius 3 is 3.00 bits per heavy atom. The molecule has 1 atom stereocenters. The summed E-state index contributed by atoms with van der Waals surface area (Å²) in [5.41, 5.74) is 4.42. The smallest absolute Gasteiger partial charge is 0.119 e. The lowest BCUT2D eigenvalue weighted by Crippen LogP contribution is -2.34. The van der Waals surface area contributed by atoms with Crippen LogP contribution >= 0.6 is 11.3 Å². The summed E-state index contributed by atoms with van der Waals surface area (Å²) in [6, 6.07) is 9.33. The number of thiophene rings is 1. The second-order valence-electron chi connectivity index (χ2n) is 5.68. The van der Waals surface area contributed by atoms with Crippen LogP contribution in [0.3, 0.4) is 0 Å². The van der Waals surface area contributed by atoms with Crippen molar-refractivity contribution in [3.8, 4) is 5.75 Å². The van der Waals surface area contributed by atoms with Crippen LogP contribution in [-0.2, 0) is 25.8 Å². The van der Waals surface area contributed by atoms with Crippen molar-refractivity contribution in [1.29, 1.82) is 0 Å². The monoisotopic (exact) mass is 301 g/mol. The van der Waals surface area contributed by atoms with Gasteiger partial charge in [-0.2, -0.15) is 0 Å². The first-order chi connectivity index (χ1) is 10.3. The summed E-state index contributed by atoms with van der Waals surface area (Å²) < 4.78 is 5.35. The van der Waals surface area contributed by atoms with Crippen molar-refractivity contribution in [3.63, 3.8) is 0 Å². The van der Waals surface area contributed by atoms with E-state index in [1.54, 1.807) is 7.11 Å². The van der Waals surface area contributed by atoms with Crippen molar-refractivity contribution in [2.45, 2.75) is 45.2 Å². The molecule has 21 heavy (non-hydrogen) atoms. The Kier molecular flexibility index (Phi) is 4.61. The van der Waals surface area contributed by atoms with E-state index >= 15 is 0 Å². The van der Waals surface area contributed by atoms with Gasteiger partial charge in [-0.3, -0.25) is 0 Å². The van der Waals surface area contributed by atoms with Gasteiger partial charge in [-0.1, -0.05) is 13.0 Å². The summed E-state index contributed by atoms with van der Waals surface area (Å²) in [5, 5.41) is 5.95. The molecule has 2 nitrogen and oxygen atoms in total. The number of fused-ring (bicyclic) bond motifs is 1. The first kappa shape index (κ1) is 14.6. The highest BCUT2D eigenvalue weighted by Gasteiger charge is 2.19. The highest BCUT2D eigenvalue weighted by Crippen LogP contribution is 2.26. The maximum Gasteiger partial charge on any atom is 0.119 e. The fourth-order valence-corrected chi connectivity index (χ4v) is 4.04. The van der Waals surface area contributed by atoms with Crippen LogP contribution in [0, 0.1) is 0 Å². The summed E-state index contributed by atoms with van der Waals surface area (Å²) >= 11 is 1.87. The number of ether oxygens (including phenoxy) is 1. The summed E-state index contributed by atoms with van der Waals surface area (Å²) in [6.07, 6.45) is 4.64. The van der Waals surface area contributed by atoms with Gasteiger partial charge in [-0.15, -0.1) is 11.3 Å². The molecule has 0 saturated carbocycles. The van der Waals surface area contributed by atoms with Crippen molar-refractivity contribution in [2.24, 2.45) is 0 Å². The van der Waals surface area contributed by atoms with Gasteiger partial charge in [0, 0.05) is 17.5 Å². The molecule has 1 N–H and O–H groups in total. The average Bonchev–Trinajstić information content (AvgIpc) is 2.99. The predicted octanol–water partition coefficient (Wildman–Crippen LogP) is 3.97. The lowest BCUT2D eigenvalue weighted by atomic mass is 9.88. The summed E-state index contributed by atoms with van der Waals surface area (Å²) in [6.45, 7) is 3.24. The SMILES string of the molecule is CCc1ccsc1CNC1CCc2ccc(OC)cc2C1. The van der Waals surface area contributed by atoms with Gasteiger partial charge >= 0.3 is 0 Å². The molecule has 0 aliphatic heterocycles. The Labute approximate surface area is 131 Å². The zero-order valence-electron chi connectivity index (χ0n) is 12.8. The normalized spacial score (nSPS) is 17.5. The van der Waals surface area contributed by atoms with Gasteiger partial charge in [0.25, 0.3) is 0 Å². The van der Waals surface area contributed by atoms with Crippen LogP contribution in [-0.4, -0.2) is 13.2 Å². The second-order valence-corrected chi connectivity index (χ2v) is 6.68. The van der Waals surface area contributed by atoms with Crippen molar-refractivity contribution < 1.29 is 4.74 Å². The summed E-state index contributed by atoms with van der Waals surface area (Å²) in [7, 11) is 1.74. The highest BCUT2D eigenvalue weighted by atomic mass is 32.1. The van der Waals surface area contributed by atoms with E-state index in [-0.39, 0.29) is 0 Å². The minimum Gasteiger partial charge on any atom is -0.497 e. The van der Waals surface area contributed by atoms with Crippen LogP contribution < -0.4 is 10.1 Å². The zero-order chi connectivity index (χ0) is 14.7. The molecule has 0 saturated heterocycles. The highest BCUT2D eigenvalue weighted by molar-refractivity contribution is 7.10. The fourth-order valence-electron chi connectivity index (χ4n) is 3.11. The molecule has 1 aliphatic rings. The molecule has 1 aliphatic carbocycles. The average molecular weight is 301 g/mol. The molecule has 0 spiro atoms. The molecule has 0 amide bonds. The zero-order valence-corrected chi connectivity index (χ0v) is 13.6. The van der Waals surface area contributed by atoms with Crippen molar-refractivity contribution in [3.05, 3.63) is 51.2 Å². The fraction of sp³-hybridized carbons (Fsp3) is 0.444. The van der Waals surface area contributed by atoms with Gasteiger partial charge in [0.05, 0.1) is 7.11 Å². The molecule has 0 radical (unpaired) electrons. The summed E-state index contributed by atoms with van der Waals surface area (Å²) in [4.78, 5) is 1.49.